The van der Waals surface area contributed by atoms with E-state index >= 15 is 0 Å². The van der Waals surface area contributed by atoms with E-state index in [0.29, 0.717) is 30.7 Å². The standard InChI is InChI=1S/C9H15N3O2S/c1-7-5-11-8(14-7)6-12-9(15)10-3-4-13-2/h5H,3-4,6H2,1-2H3,(H2,10,12,15). The van der Waals surface area contributed by atoms with Gasteiger partial charge in [-0.2, -0.15) is 0 Å². The van der Waals surface area contributed by atoms with E-state index in [4.69, 9.17) is 21.4 Å². The Kier molecular flexibility index (Phi) is 5.06. The zero-order valence-corrected chi connectivity index (χ0v) is 9.69. The molecule has 0 fully saturated rings. The third kappa shape index (κ3) is 4.75. The minimum absolute atomic E-state index is 0.493. The van der Waals surface area contributed by atoms with Crippen LogP contribution in [0.3, 0.4) is 0 Å². The van der Waals surface area contributed by atoms with Crippen molar-refractivity contribution in [3.8, 4) is 0 Å². The maximum Gasteiger partial charge on any atom is 0.213 e. The minimum Gasteiger partial charge on any atom is -0.444 e. The molecule has 2 N–H and O–H groups in total. The molecule has 0 saturated heterocycles. The van der Waals surface area contributed by atoms with Crippen molar-refractivity contribution >= 4 is 17.3 Å². The van der Waals surface area contributed by atoms with Crippen molar-refractivity contribution in [3.05, 3.63) is 17.8 Å². The first-order chi connectivity index (χ1) is 7.22. The number of thiocarbonyl (C=S) groups is 1. The Hall–Kier alpha value is -1.14. The van der Waals surface area contributed by atoms with Gasteiger partial charge in [-0.25, -0.2) is 4.98 Å². The van der Waals surface area contributed by atoms with Crippen molar-refractivity contribution in [2.45, 2.75) is 13.5 Å². The fourth-order valence-electron chi connectivity index (χ4n) is 0.968. The first-order valence-electron chi connectivity index (χ1n) is 4.64. The molecule has 0 amide bonds. The normalized spacial score (nSPS) is 10.0. The number of nitrogens with one attached hydrogen (secondary N) is 2. The topological polar surface area (TPSA) is 59.3 Å². The summed E-state index contributed by atoms with van der Waals surface area (Å²) in [6.45, 7) is 3.66. The van der Waals surface area contributed by atoms with Crippen molar-refractivity contribution in [2.75, 3.05) is 20.3 Å². The summed E-state index contributed by atoms with van der Waals surface area (Å²) in [5.41, 5.74) is 0. The van der Waals surface area contributed by atoms with E-state index in [1.165, 1.54) is 0 Å². The van der Waals surface area contributed by atoms with Crippen molar-refractivity contribution < 1.29 is 9.15 Å². The predicted molar refractivity (Wildman–Crippen MR) is 60.6 cm³/mol. The molecule has 0 bridgehead atoms. The summed E-state index contributed by atoms with van der Waals surface area (Å²) in [6, 6.07) is 0. The van der Waals surface area contributed by atoms with Gasteiger partial charge < -0.3 is 19.8 Å². The van der Waals surface area contributed by atoms with Gasteiger partial charge in [0, 0.05) is 13.7 Å². The molecule has 0 spiro atoms. The highest BCUT2D eigenvalue weighted by molar-refractivity contribution is 7.80. The molecule has 1 heterocycles. The summed E-state index contributed by atoms with van der Waals surface area (Å²) in [6.07, 6.45) is 1.68. The summed E-state index contributed by atoms with van der Waals surface area (Å²) in [4.78, 5) is 4.04. The average Bonchev–Trinajstić information content (AvgIpc) is 2.62. The third-order valence-corrected chi connectivity index (χ3v) is 1.95. The van der Waals surface area contributed by atoms with Crippen LogP contribution in [-0.2, 0) is 11.3 Å². The van der Waals surface area contributed by atoms with Crippen molar-refractivity contribution in [1.82, 2.24) is 15.6 Å². The Labute approximate surface area is 94.2 Å². The molecule has 0 aliphatic rings. The molecule has 6 heteroatoms. The Bertz CT molecular complexity index is 314. The number of methoxy groups -OCH3 is 1. The Morgan fingerprint density at radius 2 is 2.40 bits per heavy atom. The fraction of sp³-hybridized carbons (Fsp3) is 0.556. The van der Waals surface area contributed by atoms with Gasteiger partial charge in [0.1, 0.15) is 5.76 Å². The number of aromatic nitrogens is 1. The van der Waals surface area contributed by atoms with Crippen LogP contribution in [0, 0.1) is 6.92 Å². The quantitative estimate of drug-likeness (QED) is 0.569. The van der Waals surface area contributed by atoms with Crippen LogP contribution in [0.4, 0.5) is 0 Å². The second-order valence-electron chi connectivity index (χ2n) is 2.97. The van der Waals surface area contributed by atoms with E-state index in [0.717, 1.165) is 5.76 Å². The average molecular weight is 229 g/mol. The summed E-state index contributed by atoms with van der Waals surface area (Å²) in [7, 11) is 1.65. The molecule has 0 unspecified atom stereocenters. The van der Waals surface area contributed by atoms with E-state index in [1.54, 1.807) is 13.3 Å². The van der Waals surface area contributed by atoms with Gasteiger partial charge in [0.25, 0.3) is 0 Å². The molecule has 1 aromatic rings. The van der Waals surface area contributed by atoms with Crippen LogP contribution in [0.15, 0.2) is 10.6 Å². The molecule has 1 aromatic heterocycles. The smallest absolute Gasteiger partial charge is 0.213 e. The highest BCUT2D eigenvalue weighted by atomic mass is 32.1. The van der Waals surface area contributed by atoms with Gasteiger partial charge in [0.2, 0.25) is 5.89 Å². The molecular weight excluding hydrogens is 214 g/mol. The van der Waals surface area contributed by atoms with Crippen LogP contribution in [0.2, 0.25) is 0 Å². The predicted octanol–water partition coefficient (Wildman–Crippen LogP) is 0.594. The number of oxazole rings is 1. The molecule has 0 atom stereocenters. The molecule has 15 heavy (non-hydrogen) atoms. The number of nitrogens with zero attached hydrogens (tertiary/aromatic N) is 1. The van der Waals surface area contributed by atoms with Gasteiger partial charge in [-0.05, 0) is 19.1 Å². The lowest BCUT2D eigenvalue weighted by Gasteiger charge is -2.07. The minimum atomic E-state index is 0.493. The monoisotopic (exact) mass is 229 g/mol. The van der Waals surface area contributed by atoms with E-state index in [2.05, 4.69) is 15.6 Å². The molecule has 5 nitrogen and oxygen atoms in total. The number of rotatable bonds is 5. The maximum absolute atomic E-state index is 5.27. The van der Waals surface area contributed by atoms with E-state index < -0.39 is 0 Å². The van der Waals surface area contributed by atoms with Crippen LogP contribution >= 0.6 is 12.2 Å². The van der Waals surface area contributed by atoms with E-state index in [-0.39, 0.29) is 0 Å². The molecule has 0 radical (unpaired) electrons. The first-order valence-corrected chi connectivity index (χ1v) is 5.05. The number of ether oxygens (including phenoxy) is 1. The van der Waals surface area contributed by atoms with Gasteiger partial charge in [0.05, 0.1) is 19.3 Å². The molecule has 0 aliphatic carbocycles. The Balaban J connectivity index is 2.16. The largest absolute Gasteiger partial charge is 0.444 e. The van der Waals surface area contributed by atoms with Crippen LogP contribution in [-0.4, -0.2) is 30.4 Å². The van der Waals surface area contributed by atoms with Gasteiger partial charge in [-0.15, -0.1) is 0 Å². The molecule has 0 aromatic carbocycles. The zero-order valence-electron chi connectivity index (χ0n) is 8.87. The van der Waals surface area contributed by atoms with Gasteiger partial charge in [-0.1, -0.05) is 0 Å². The summed E-state index contributed by atoms with van der Waals surface area (Å²) >= 11 is 5.03. The van der Waals surface area contributed by atoms with Crippen LogP contribution in [0.1, 0.15) is 11.7 Å². The highest BCUT2D eigenvalue weighted by Crippen LogP contribution is 2.00. The Morgan fingerprint density at radius 1 is 1.60 bits per heavy atom. The van der Waals surface area contributed by atoms with Gasteiger partial charge in [0.15, 0.2) is 5.11 Å². The van der Waals surface area contributed by atoms with Crippen LogP contribution < -0.4 is 10.6 Å². The van der Waals surface area contributed by atoms with Crippen molar-refractivity contribution in [1.29, 1.82) is 0 Å². The van der Waals surface area contributed by atoms with Crippen molar-refractivity contribution in [3.63, 3.8) is 0 Å². The summed E-state index contributed by atoms with van der Waals surface area (Å²) < 4.78 is 10.2. The summed E-state index contributed by atoms with van der Waals surface area (Å²) in [5.74, 6) is 1.42. The van der Waals surface area contributed by atoms with E-state index in [1.807, 2.05) is 6.92 Å². The number of hydrogen-bond donors (Lipinski definition) is 2. The SMILES string of the molecule is COCCNC(=S)NCc1ncc(C)o1. The molecular formula is C9H15N3O2S. The van der Waals surface area contributed by atoms with Crippen LogP contribution in [0.5, 0.6) is 0 Å². The van der Waals surface area contributed by atoms with Gasteiger partial charge in [-0.3, -0.25) is 0 Å². The lowest BCUT2D eigenvalue weighted by molar-refractivity contribution is 0.204. The Morgan fingerprint density at radius 3 is 3.00 bits per heavy atom. The highest BCUT2D eigenvalue weighted by Gasteiger charge is 2.00. The third-order valence-electron chi connectivity index (χ3n) is 1.66. The lowest BCUT2D eigenvalue weighted by atomic mass is 10.6. The fourth-order valence-corrected chi connectivity index (χ4v) is 1.14. The van der Waals surface area contributed by atoms with Gasteiger partial charge >= 0.3 is 0 Å². The maximum atomic E-state index is 5.27. The molecule has 0 saturated carbocycles. The number of hydrogen-bond acceptors (Lipinski definition) is 4. The molecule has 0 aliphatic heterocycles. The van der Waals surface area contributed by atoms with E-state index in [9.17, 15) is 0 Å². The number of aryl methyl sites for hydroxylation is 1. The van der Waals surface area contributed by atoms with Crippen molar-refractivity contribution in [2.24, 2.45) is 0 Å². The second-order valence-corrected chi connectivity index (χ2v) is 3.38. The zero-order chi connectivity index (χ0) is 11.1. The van der Waals surface area contributed by atoms with Crippen LogP contribution in [0.25, 0.3) is 0 Å². The first kappa shape index (κ1) is 11.9. The molecule has 84 valence electrons. The molecule has 1 rings (SSSR count). The summed E-state index contributed by atoms with van der Waals surface area (Å²) in [5, 5.41) is 6.54. The second kappa shape index (κ2) is 6.36. The lowest BCUT2D eigenvalue weighted by Crippen LogP contribution is -2.36.